The Labute approximate surface area is 117 Å². The van der Waals surface area contributed by atoms with Crippen molar-refractivity contribution in [3.05, 3.63) is 24.3 Å². The highest BCUT2D eigenvalue weighted by atomic mass is 15.3. The van der Waals surface area contributed by atoms with Crippen molar-refractivity contribution in [2.75, 3.05) is 42.9 Å². The minimum atomic E-state index is 0.119. The van der Waals surface area contributed by atoms with Gasteiger partial charge in [0.25, 0.3) is 0 Å². The molecule has 0 unspecified atom stereocenters. The van der Waals surface area contributed by atoms with E-state index in [2.05, 4.69) is 67.1 Å². The van der Waals surface area contributed by atoms with Crippen LogP contribution in [0.1, 0.15) is 27.7 Å². The minimum absolute atomic E-state index is 0.119. The third kappa shape index (κ3) is 4.13. The van der Waals surface area contributed by atoms with Crippen molar-refractivity contribution in [2.45, 2.75) is 33.2 Å². The molecule has 1 aliphatic heterocycles. The first-order valence-corrected chi connectivity index (χ1v) is 7.33. The van der Waals surface area contributed by atoms with Gasteiger partial charge in [0, 0.05) is 43.1 Å². The number of hydrogen-bond donors (Lipinski definition) is 1. The first kappa shape index (κ1) is 14.2. The van der Waals surface area contributed by atoms with Gasteiger partial charge >= 0.3 is 0 Å². The highest BCUT2D eigenvalue weighted by molar-refractivity contribution is 5.56. The van der Waals surface area contributed by atoms with E-state index in [1.807, 2.05) is 0 Å². The maximum absolute atomic E-state index is 3.50. The first-order valence-electron chi connectivity index (χ1n) is 7.33. The second-order valence-corrected chi connectivity index (χ2v) is 6.34. The number of likely N-dealkylation sites (N-methyl/N-ethyl adjacent to an activating group) is 1. The fraction of sp³-hybridized carbons (Fsp3) is 0.625. The van der Waals surface area contributed by atoms with Gasteiger partial charge in [0.15, 0.2) is 0 Å². The van der Waals surface area contributed by atoms with Crippen LogP contribution in [0.5, 0.6) is 0 Å². The summed E-state index contributed by atoms with van der Waals surface area (Å²) in [7, 11) is 0. The molecule has 1 saturated heterocycles. The lowest BCUT2D eigenvalue weighted by atomic mass is 10.1. The quantitative estimate of drug-likeness (QED) is 0.902. The normalized spacial score (nSPS) is 17.6. The second kappa shape index (κ2) is 5.83. The van der Waals surface area contributed by atoms with Crippen molar-refractivity contribution in [2.24, 2.45) is 0 Å². The standard InChI is InChI=1S/C16H27N3/c1-5-18-10-12-19(13-11-18)15-8-6-14(7-9-15)17-16(2,3)4/h6-9,17H,5,10-13H2,1-4H3. The SMILES string of the molecule is CCN1CCN(c2ccc(NC(C)(C)C)cc2)CC1. The second-order valence-electron chi connectivity index (χ2n) is 6.34. The number of rotatable bonds is 3. The van der Waals surface area contributed by atoms with Crippen LogP contribution in [0.15, 0.2) is 24.3 Å². The van der Waals surface area contributed by atoms with Gasteiger partial charge < -0.3 is 15.1 Å². The molecule has 0 aliphatic carbocycles. The van der Waals surface area contributed by atoms with Crippen LogP contribution in [0.3, 0.4) is 0 Å². The molecular weight excluding hydrogens is 234 g/mol. The monoisotopic (exact) mass is 261 g/mol. The van der Waals surface area contributed by atoms with Crippen LogP contribution >= 0.6 is 0 Å². The first-order chi connectivity index (χ1) is 8.98. The fourth-order valence-corrected chi connectivity index (χ4v) is 2.51. The summed E-state index contributed by atoms with van der Waals surface area (Å²) in [6.45, 7) is 14.6. The van der Waals surface area contributed by atoms with Crippen molar-refractivity contribution < 1.29 is 0 Å². The zero-order chi connectivity index (χ0) is 13.9. The van der Waals surface area contributed by atoms with Gasteiger partial charge in [-0.3, -0.25) is 0 Å². The lowest BCUT2D eigenvalue weighted by Gasteiger charge is -2.35. The number of benzene rings is 1. The summed E-state index contributed by atoms with van der Waals surface area (Å²) in [5.41, 5.74) is 2.66. The van der Waals surface area contributed by atoms with Gasteiger partial charge in [-0.1, -0.05) is 6.92 Å². The summed E-state index contributed by atoms with van der Waals surface area (Å²) in [6.07, 6.45) is 0. The molecule has 0 bridgehead atoms. The van der Waals surface area contributed by atoms with Crippen LogP contribution < -0.4 is 10.2 Å². The lowest BCUT2D eigenvalue weighted by molar-refractivity contribution is 0.271. The average molecular weight is 261 g/mol. The van der Waals surface area contributed by atoms with Crippen molar-refractivity contribution in [1.29, 1.82) is 0 Å². The van der Waals surface area contributed by atoms with E-state index in [9.17, 15) is 0 Å². The average Bonchev–Trinajstić information content (AvgIpc) is 2.38. The molecule has 0 atom stereocenters. The molecule has 1 N–H and O–H groups in total. The third-order valence-corrected chi connectivity index (χ3v) is 3.57. The van der Waals surface area contributed by atoms with Crippen molar-refractivity contribution in [3.8, 4) is 0 Å². The van der Waals surface area contributed by atoms with Gasteiger partial charge in [-0.2, -0.15) is 0 Å². The Morgan fingerprint density at radius 2 is 1.58 bits per heavy atom. The van der Waals surface area contributed by atoms with Crippen LogP contribution in [-0.4, -0.2) is 43.2 Å². The van der Waals surface area contributed by atoms with E-state index in [4.69, 9.17) is 0 Å². The van der Waals surface area contributed by atoms with E-state index in [0.29, 0.717) is 0 Å². The number of anilines is 2. The zero-order valence-corrected chi connectivity index (χ0v) is 12.7. The molecule has 3 nitrogen and oxygen atoms in total. The molecule has 1 aromatic carbocycles. The van der Waals surface area contributed by atoms with Gasteiger partial charge in [-0.25, -0.2) is 0 Å². The number of hydrogen-bond acceptors (Lipinski definition) is 3. The highest BCUT2D eigenvalue weighted by Gasteiger charge is 2.16. The molecule has 1 heterocycles. The van der Waals surface area contributed by atoms with Crippen molar-refractivity contribution in [1.82, 2.24) is 4.90 Å². The minimum Gasteiger partial charge on any atom is -0.380 e. The molecule has 1 fully saturated rings. The smallest absolute Gasteiger partial charge is 0.0368 e. The van der Waals surface area contributed by atoms with E-state index in [0.717, 1.165) is 13.1 Å². The molecule has 0 amide bonds. The van der Waals surface area contributed by atoms with Crippen molar-refractivity contribution >= 4 is 11.4 Å². The van der Waals surface area contributed by atoms with Crippen LogP contribution in [0.25, 0.3) is 0 Å². The Morgan fingerprint density at radius 3 is 2.05 bits per heavy atom. The number of piperazine rings is 1. The Kier molecular flexibility index (Phi) is 4.35. The molecule has 19 heavy (non-hydrogen) atoms. The van der Waals surface area contributed by atoms with Gasteiger partial charge in [0.05, 0.1) is 0 Å². The molecule has 0 spiro atoms. The maximum atomic E-state index is 3.50. The highest BCUT2D eigenvalue weighted by Crippen LogP contribution is 2.21. The summed E-state index contributed by atoms with van der Waals surface area (Å²) < 4.78 is 0. The van der Waals surface area contributed by atoms with Crippen LogP contribution in [0.2, 0.25) is 0 Å². The molecule has 1 aliphatic rings. The molecule has 3 heteroatoms. The van der Waals surface area contributed by atoms with Crippen LogP contribution in [0, 0.1) is 0 Å². The van der Waals surface area contributed by atoms with Crippen molar-refractivity contribution in [3.63, 3.8) is 0 Å². The van der Waals surface area contributed by atoms with Crippen LogP contribution in [0.4, 0.5) is 11.4 Å². The topological polar surface area (TPSA) is 18.5 Å². The van der Waals surface area contributed by atoms with E-state index in [1.54, 1.807) is 0 Å². The van der Waals surface area contributed by atoms with E-state index >= 15 is 0 Å². The summed E-state index contributed by atoms with van der Waals surface area (Å²) >= 11 is 0. The van der Waals surface area contributed by atoms with Gasteiger partial charge in [0.2, 0.25) is 0 Å². The summed E-state index contributed by atoms with van der Waals surface area (Å²) in [4.78, 5) is 4.99. The van der Waals surface area contributed by atoms with Gasteiger partial charge in [-0.15, -0.1) is 0 Å². The Morgan fingerprint density at radius 1 is 1.00 bits per heavy atom. The summed E-state index contributed by atoms with van der Waals surface area (Å²) in [5, 5.41) is 3.50. The maximum Gasteiger partial charge on any atom is 0.0368 e. The van der Waals surface area contributed by atoms with E-state index in [-0.39, 0.29) is 5.54 Å². The van der Waals surface area contributed by atoms with Gasteiger partial charge in [-0.05, 0) is 51.6 Å². The zero-order valence-electron chi connectivity index (χ0n) is 12.7. The Hall–Kier alpha value is -1.22. The molecular formula is C16H27N3. The van der Waals surface area contributed by atoms with Crippen LogP contribution in [-0.2, 0) is 0 Å². The Balaban J connectivity index is 1.95. The van der Waals surface area contributed by atoms with E-state index < -0.39 is 0 Å². The fourth-order valence-electron chi connectivity index (χ4n) is 2.51. The molecule has 106 valence electrons. The van der Waals surface area contributed by atoms with E-state index in [1.165, 1.54) is 31.0 Å². The number of nitrogens with zero attached hydrogens (tertiary/aromatic N) is 2. The summed E-state index contributed by atoms with van der Waals surface area (Å²) in [5.74, 6) is 0. The largest absolute Gasteiger partial charge is 0.380 e. The molecule has 0 radical (unpaired) electrons. The number of nitrogens with one attached hydrogen (secondary N) is 1. The predicted octanol–water partition coefficient (Wildman–Crippen LogP) is 3.04. The summed E-state index contributed by atoms with van der Waals surface area (Å²) in [6, 6.07) is 8.84. The Bertz CT molecular complexity index is 383. The third-order valence-electron chi connectivity index (χ3n) is 3.57. The van der Waals surface area contributed by atoms with Gasteiger partial charge in [0.1, 0.15) is 0 Å². The predicted molar refractivity (Wildman–Crippen MR) is 84.1 cm³/mol. The lowest BCUT2D eigenvalue weighted by Crippen LogP contribution is -2.46. The molecule has 2 rings (SSSR count). The molecule has 0 saturated carbocycles. The molecule has 1 aromatic rings. The molecule has 0 aromatic heterocycles.